The molecule has 0 unspecified atom stereocenters. The van der Waals surface area contributed by atoms with Crippen LogP contribution in [0.3, 0.4) is 0 Å². The van der Waals surface area contributed by atoms with E-state index in [2.05, 4.69) is 20.7 Å². The topological polar surface area (TPSA) is 93.0 Å². The summed E-state index contributed by atoms with van der Waals surface area (Å²) in [7, 11) is 0. The Bertz CT molecular complexity index is 1300. The van der Waals surface area contributed by atoms with Gasteiger partial charge in [0.25, 0.3) is 5.91 Å². The number of hydrogen-bond acceptors (Lipinski definition) is 7. The minimum Gasteiger partial charge on any atom is -0.463 e. The molecular formula is C22H14N4O3S. The van der Waals surface area contributed by atoms with Crippen LogP contribution in [-0.4, -0.2) is 22.4 Å². The Labute approximate surface area is 175 Å². The molecule has 2 aromatic heterocycles. The summed E-state index contributed by atoms with van der Waals surface area (Å²) in [5, 5.41) is 16.1. The van der Waals surface area contributed by atoms with Gasteiger partial charge in [-0.25, -0.2) is 0 Å². The van der Waals surface area contributed by atoms with E-state index < -0.39 is 0 Å². The molecule has 0 aliphatic carbocycles. The lowest BCUT2D eigenvalue weighted by Gasteiger charge is -1.98. The Morgan fingerprint density at radius 2 is 1.97 bits per heavy atom. The summed E-state index contributed by atoms with van der Waals surface area (Å²) in [6.45, 7) is 0. The maximum absolute atomic E-state index is 12.3. The molecule has 5 rings (SSSR count). The molecular weight excluding hydrogens is 400 g/mol. The fourth-order valence-electron chi connectivity index (χ4n) is 2.98. The van der Waals surface area contributed by atoms with Gasteiger partial charge in [0.1, 0.15) is 11.3 Å². The molecule has 3 heterocycles. The first-order valence-corrected chi connectivity index (χ1v) is 9.88. The summed E-state index contributed by atoms with van der Waals surface area (Å²) in [5.74, 6) is 1.06. The molecule has 0 bridgehead atoms. The van der Waals surface area contributed by atoms with Gasteiger partial charge in [-0.1, -0.05) is 41.6 Å². The number of nitrogens with zero attached hydrogens (tertiary/aromatic N) is 3. The molecule has 1 aliphatic heterocycles. The number of hydrogen-bond donors (Lipinski definition) is 1. The fourth-order valence-corrected chi connectivity index (χ4v) is 3.75. The third-order valence-corrected chi connectivity index (χ3v) is 5.26. The van der Waals surface area contributed by atoms with Gasteiger partial charge in [0.15, 0.2) is 10.9 Å². The Morgan fingerprint density at radius 1 is 1.07 bits per heavy atom. The highest BCUT2D eigenvalue weighted by atomic mass is 32.2. The molecule has 1 amide bonds. The average molecular weight is 414 g/mol. The summed E-state index contributed by atoms with van der Waals surface area (Å²) in [6.07, 6.45) is 4.84. The van der Waals surface area contributed by atoms with Crippen LogP contribution in [0.25, 0.3) is 28.3 Å². The van der Waals surface area contributed by atoms with Crippen molar-refractivity contribution >= 4 is 46.0 Å². The van der Waals surface area contributed by atoms with Crippen molar-refractivity contribution in [1.29, 1.82) is 0 Å². The van der Waals surface area contributed by atoms with Gasteiger partial charge in [0.05, 0.1) is 22.8 Å². The third kappa shape index (κ3) is 3.68. The van der Waals surface area contributed by atoms with Crippen molar-refractivity contribution in [2.24, 2.45) is 10.2 Å². The van der Waals surface area contributed by atoms with Crippen molar-refractivity contribution in [3.05, 3.63) is 83.2 Å². The van der Waals surface area contributed by atoms with Gasteiger partial charge < -0.3 is 8.94 Å². The number of furan rings is 1. The summed E-state index contributed by atoms with van der Waals surface area (Å²) in [4.78, 5) is 12.8. The first-order valence-electron chi connectivity index (χ1n) is 9.06. The molecule has 1 fully saturated rings. The molecule has 0 spiro atoms. The second kappa shape index (κ2) is 7.84. The average Bonchev–Trinajstić information content (AvgIpc) is 3.50. The maximum Gasteiger partial charge on any atom is 0.264 e. The maximum atomic E-state index is 12.3. The quantitative estimate of drug-likeness (QED) is 0.297. The number of carbonyl (C=O) groups is 1. The molecule has 2 aromatic carbocycles. The van der Waals surface area contributed by atoms with Gasteiger partial charge >= 0.3 is 0 Å². The van der Waals surface area contributed by atoms with Crippen LogP contribution in [0.2, 0.25) is 0 Å². The first kappa shape index (κ1) is 18.1. The molecule has 0 radical (unpaired) electrons. The molecule has 0 saturated carbocycles. The van der Waals surface area contributed by atoms with Crippen molar-refractivity contribution in [3.63, 3.8) is 0 Å². The van der Waals surface area contributed by atoms with Gasteiger partial charge in [0.2, 0.25) is 0 Å². The molecule has 4 aromatic rings. The second-order valence-electron chi connectivity index (χ2n) is 6.38. The molecule has 146 valence electrons. The van der Waals surface area contributed by atoms with Gasteiger partial charge in [-0.2, -0.15) is 5.10 Å². The normalized spacial score (nSPS) is 16.9. The minimum absolute atomic E-state index is 0.222. The van der Waals surface area contributed by atoms with Crippen molar-refractivity contribution in [1.82, 2.24) is 10.5 Å². The summed E-state index contributed by atoms with van der Waals surface area (Å²) in [6, 6.07) is 19.0. The van der Waals surface area contributed by atoms with E-state index in [0.29, 0.717) is 21.6 Å². The van der Waals surface area contributed by atoms with Gasteiger partial charge in [-0.15, -0.1) is 5.10 Å². The monoisotopic (exact) mass is 414 g/mol. The van der Waals surface area contributed by atoms with Crippen LogP contribution >= 0.6 is 11.8 Å². The fraction of sp³-hybridized carbons (Fsp3) is 0. The van der Waals surface area contributed by atoms with E-state index >= 15 is 0 Å². The lowest BCUT2D eigenvalue weighted by atomic mass is 10.1. The Balaban J connectivity index is 1.41. The molecule has 0 atom stereocenters. The summed E-state index contributed by atoms with van der Waals surface area (Å²) in [5.41, 5.74) is 2.57. The molecule has 1 saturated heterocycles. The molecule has 8 heteroatoms. The van der Waals surface area contributed by atoms with E-state index in [1.807, 2.05) is 48.5 Å². The largest absolute Gasteiger partial charge is 0.463 e. The van der Waals surface area contributed by atoms with Crippen LogP contribution in [0.15, 0.2) is 91.0 Å². The molecule has 1 aliphatic rings. The zero-order chi connectivity index (χ0) is 20.3. The zero-order valence-electron chi connectivity index (χ0n) is 15.5. The number of nitrogens with one attached hydrogen (secondary N) is 1. The van der Waals surface area contributed by atoms with Crippen LogP contribution < -0.4 is 5.32 Å². The Hall–Kier alpha value is -3.91. The summed E-state index contributed by atoms with van der Waals surface area (Å²) >= 11 is 1.23. The standard InChI is InChI=1S/C22H14N4O3S/c27-21-19(30-22(24-21)25-23-13-16-7-4-10-28-16)12-14-8-9-18-17(11-14)20(29-26-18)15-5-2-1-3-6-15/h1-13H,(H,24,25,27). The van der Waals surface area contributed by atoms with Gasteiger partial charge in [-0.3, -0.25) is 10.1 Å². The van der Waals surface area contributed by atoms with Crippen molar-refractivity contribution in [3.8, 4) is 11.3 Å². The SMILES string of the molecule is O=C1N/C(=N\N=Cc2ccco2)SC1=Cc1ccc2noc(-c3ccccc3)c2c1. The third-order valence-electron chi connectivity index (χ3n) is 4.36. The molecule has 1 N–H and O–H groups in total. The lowest BCUT2D eigenvalue weighted by Crippen LogP contribution is -2.19. The van der Waals surface area contributed by atoms with Crippen molar-refractivity contribution in [2.75, 3.05) is 0 Å². The van der Waals surface area contributed by atoms with E-state index in [4.69, 9.17) is 8.94 Å². The van der Waals surface area contributed by atoms with Crippen LogP contribution in [0.5, 0.6) is 0 Å². The van der Waals surface area contributed by atoms with E-state index in [1.165, 1.54) is 18.0 Å². The number of amides is 1. The highest BCUT2D eigenvalue weighted by Gasteiger charge is 2.24. The predicted molar refractivity (Wildman–Crippen MR) is 117 cm³/mol. The first-order chi connectivity index (χ1) is 14.8. The van der Waals surface area contributed by atoms with Crippen LogP contribution in [0.4, 0.5) is 0 Å². The van der Waals surface area contributed by atoms with Gasteiger partial charge in [0, 0.05) is 5.56 Å². The van der Waals surface area contributed by atoms with Gasteiger partial charge in [-0.05, 0) is 47.7 Å². The molecule has 7 nitrogen and oxygen atoms in total. The van der Waals surface area contributed by atoms with Crippen molar-refractivity contribution < 1.29 is 13.7 Å². The van der Waals surface area contributed by atoms with Crippen LogP contribution in [0, 0.1) is 0 Å². The van der Waals surface area contributed by atoms with E-state index in [1.54, 1.807) is 24.5 Å². The Kier molecular flexibility index (Phi) is 4.74. The second-order valence-corrected chi connectivity index (χ2v) is 7.41. The smallest absolute Gasteiger partial charge is 0.264 e. The lowest BCUT2D eigenvalue weighted by molar-refractivity contribution is -0.115. The van der Waals surface area contributed by atoms with Crippen molar-refractivity contribution in [2.45, 2.75) is 0 Å². The number of rotatable bonds is 4. The minimum atomic E-state index is -0.222. The van der Waals surface area contributed by atoms with E-state index in [9.17, 15) is 4.79 Å². The summed E-state index contributed by atoms with van der Waals surface area (Å²) < 4.78 is 10.7. The van der Waals surface area contributed by atoms with E-state index in [-0.39, 0.29) is 5.91 Å². The number of aromatic nitrogens is 1. The predicted octanol–water partition coefficient (Wildman–Crippen LogP) is 4.68. The highest BCUT2D eigenvalue weighted by Crippen LogP contribution is 2.31. The number of amidine groups is 1. The number of fused-ring (bicyclic) bond motifs is 1. The van der Waals surface area contributed by atoms with Crippen LogP contribution in [-0.2, 0) is 4.79 Å². The van der Waals surface area contributed by atoms with E-state index in [0.717, 1.165) is 22.0 Å². The Morgan fingerprint density at radius 3 is 2.80 bits per heavy atom. The molecule has 30 heavy (non-hydrogen) atoms. The number of thioether (sulfide) groups is 1. The highest BCUT2D eigenvalue weighted by molar-refractivity contribution is 8.18. The van der Waals surface area contributed by atoms with Crippen LogP contribution in [0.1, 0.15) is 11.3 Å². The zero-order valence-corrected chi connectivity index (χ0v) is 16.3. The number of benzene rings is 2. The number of carbonyl (C=O) groups excluding carboxylic acids is 1.